The van der Waals surface area contributed by atoms with Crippen molar-refractivity contribution >= 4 is 40.4 Å². The van der Waals surface area contributed by atoms with Gasteiger partial charge in [0.05, 0.1) is 30.0 Å². The van der Waals surface area contributed by atoms with Crippen LogP contribution in [0.4, 0.5) is 11.8 Å². The van der Waals surface area contributed by atoms with Crippen LogP contribution >= 0.6 is 11.6 Å². The van der Waals surface area contributed by atoms with Crippen LogP contribution in [-0.4, -0.2) is 61.6 Å². The Balaban J connectivity index is 1.37. The van der Waals surface area contributed by atoms with Gasteiger partial charge in [-0.2, -0.15) is 10.2 Å². The Morgan fingerprint density at radius 3 is 2.73 bits per heavy atom. The first-order valence-corrected chi connectivity index (χ1v) is 12.0. The molecule has 1 fully saturated rings. The number of nitriles is 1. The molecule has 37 heavy (non-hydrogen) atoms. The van der Waals surface area contributed by atoms with Crippen LogP contribution in [0.25, 0.3) is 11.2 Å². The Hall–Kier alpha value is -4.27. The van der Waals surface area contributed by atoms with Crippen molar-refractivity contribution in [2.75, 3.05) is 31.6 Å². The lowest BCUT2D eigenvalue weighted by atomic mass is 10.1. The Bertz CT molecular complexity index is 1510. The van der Waals surface area contributed by atoms with Gasteiger partial charge in [0.15, 0.2) is 11.4 Å². The van der Waals surface area contributed by atoms with Gasteiger partial charge in [0.1, 0.15) is 23.1 Å². The lowest BCUT2D eigenvalue weighted by Gasteiger charge is -2.26. The number of ether oxygens (including phenoxy) is 2. The normalized spacial score (nSPS) is 13.4. The quantitative estimate of drug-likeness (QED) is 0.404. The number of nitrogens with one attached hydrogen (secondary N) is 1. The number of halogens is 1. The van der Waals surface area contributed by atoms with E-state index in [9.17, 15) is 4.79 Å². The van der Waals surface area contributed by atoms with Gasteiger partial charge in [0, 0.05) is 32.4 Å². The van der Waals surface area contributed by atoms with E-state index < -0.39 is 0 Å². The molecule has 0 bridgehead atoms. The predicted octanol–water partition coefficient (Wildman–Crippen LogP) is 3.85. The van der Waals surface area contributed by atoms with Crippen molar-refractivity contribution in [2.24, 2.45) is 7.05 Å². The molecule has 12 heteroatoms. The number of amides is 1. The fourth-order valence-corrected chi connectivity index (χ4v) is 4.16. The first kappa shape index (κ1) is 24.4. The van der Waals surface area contributed by atoms with Crippen molar-refractivity contribution in [1.29, 1.82) is 5.26 Å². The third kappa shape index (κ3) is 5.02. The molecule has 0 radical (unpaired) electrons. The third-order valence-electron chi connectivity index (χ3n) is 5.96. The number of fused-ring (bicyclic) bond motifs is 1. The molecule has 0 saturated carbocycles. The molecule has 1 saturated heterocycles. The summed E-state index contributed by atoms with van der Waals surface area (Å²) in [6, 6.07) is 8.75. The number of hydrogen-bond acceptors (Lipinski definition) is 9. The van der Waals surface area contributed by atoms with Gasteiger partial charge in [-0.15, -0.1) is 0 Å². The Kier molecular flexibility index (Phi) is 6.85. The van der Waals surface area contributed by atoms with E-state index in [4.69, 9.17) is 26.3 Å². The molecule has 188 valence electrons. The summed E-state index contributed by atoms with van der Waals surface area (Å²) in [5.74, 6) is 1.69. The molecule has 0 aliphatic carbocycles. The molecule has 5 heterocycles. The second-order valence-electron chi connectivity index (χ2n) is 8.32. The molecule has 11 nitrogen and oxygen atoms in total. The second kappa shape index (κ2) is 10.4. The number of carbonyl (C=O) groups excluding carboxylic acids is 1. The molecule has 0 aromatic carbocycles. The van der Waals surface area contributed by atoms with E-state index in [-0.39, 0.29) is 11.8 Å². The molecule has 1 amide bonds. The summed E-state index contributed by atoms with van der Waals surface area (Å²) in [5.41, 5.74) is 2.65. The first-order chi connectivity index (χ1) is 18.0. The van der Waals surface area contributed by atoms with Crippen molar-refractivity contribution in [3.63, 3.8) is 0 Å². The highest BCUT2D eigenvalue weighted by atomic mass is 35.5. The van der Waals surface area contributed by atoms with Gasteiger partial charge in [-0.3, -0.25) is 9.36 Å². The maximum absolute atomic E-state index is 12.7. The van der Waals surface area contributed by atoms with E-state index in [0.29, 0.717) is 77.7 Å². The fourth-order valence-electron chi connectivity index (χ4n) is 3.94. The SMILES string of the molecule is CCc1cc(C#N)ncc1Oc1cc(Cl)c2nc(Nc3ccc(C(=O)N4CCOCC4)cn3)n(C)c2n1. The first-order valence-electron chi connectivity index (χ1n) is 11.7. The summed E-state index contributed by atoms with van der Waals surface area (Å²) < 4.78 is 13.0. The molecule has 1 N–H and O–H groups in total. The van der Waals surface area contributed by atoms with Crippen molar-refractivity contribution in [1.82, 2.24) is 29.4 Å². The van der Waals surface area contributed by atoms with E-state index in [2.05, 4.69) is 25.3 Å². The molecule has 4 aromatic rings. The summed E-state index contributed by atoms with van der Waals surface area (Å²) >= 11 is 6.52. The van der Waals surface area contributed by atoms with E-state index >= 15 is 0 Å². The van der Waals surface area contributed by atoms with Crippen LogP contribution in [0, 0.1) is 11.3 Å². The number of anilines is 2. The minimum absolute atomic E-state index is 0.0720. The van der Waals surface area contributed by atoms with Gasteiger partial charge >= 0.3 is 0 Å². The summed E-state index contributed by atoms with van der Waals surface area (Å²) in [6.45, 7) is 4.18. The van der Waals surface area contributed by atoms with Crippen LogP contribution in [-0.2, 0) is 18.2 Å². The van der Waals surface area contributed by atoms with E-state index in [1.807, 2.05) is 13.0 Å². The zero-order valence-electron chi connectivity index (χ0n) is 20.2. The summed E-state index contributed by atoms with van der Waals surface area (Å²) in [7, 11) is 1.79. The third-order valence-corrected chi connectivity index (χ3v) is 6.25. The number of morpholine rings is 1. The standard InChI is InChI=1S/C25H23ClN8O3/c1-3-15-10-17(12-27)28-14-19(15)37-21-11-18(26)22-23(31-21)33(2)25(32-22)30-20-5-4-16(13-29-20)24(35)34-6-8-36-9-7-34/h4-5,10-11,13-14H,3,6-9H2,1-2H3,(H,29,30,32). The Morgan fingerprint density at radius 2 is 2.03 bits per heavy atom. The van der Waals surface area contributed by atoms with E-state index in [1.165, 1.54) is 12.4 Å². The molecule has 1 aliphatic rings. The molecule has 1 aliphatic heterocycles. The highest BCUT2D eigenvalue weighted by molar-refractivity contribution is 6.35. The number of rotatable bonds is 6. The number of hydrogen-bond donors (Lipinski definition) is 1. The number of aryl methyl sites for hydroxylation is 2. The molecule has 0 unspecified atom stereocenters. The molecule has 4 aromatic heterocycles. The highest BCUT2D eigenvalue weighted by Gasteiger charge is 2.20. The molecular weight excluding hydrogens is 496 g/mol. The average molecular weight is 519 g/mol. The van der Waals surface area contributed by atoms with Gasteiger partial charge in [-0.05, 0) is 30.2 Å². The second-order valence-corrected chi connectivity index (χ2v) is 8.72. The number of aromatic nitrogens is 5. The van der Waals surface area contributed by atoms with Crippen LogP contribution in [0.2, 0.25) is 5.02 Å². The van der Waals surface area contributed by atoms with Crippen molar-refractivity contribution < 1.29 is 14.3 Å². The summed E-state index contributed by atoms with van der Waals surface area (Å²) in [4.78, 5) is 32.0. The zero-order chi connectivity index (χ0) is 25.9. The van der Waals surface area contributed by atoms with Crippen LogP contribution in [0.5, 0.6) is 11.6 Å². The minimum atomic E-state index is -0.0720. The van der Waals surface area contributed by atoms with E-state index in [0.717, 1.165) is 5.56 Å². The van der Waals surface area contributed by atoms with Gasteiger partial charge in [-0.1, -0.05) is 18.5 Å². The van der Waals surface area contributed by atoms with Gasteiger partial charge in [-0.25, -0.2) is 15.0 Å². The number of carbonyl (C=O) groups is 1. The predicted molar refractivity (Wildman–Crippen MR) is 136 cm³/mol. The fraction of sp³-hybridized carbons (Fsp3) is 0.280. The lowest BCUT2D eigenvalue weighted by molar-refractivity contribution is 0.0302. The Labute approximate surface area is 217 Å². The monoisotopic (exact) mass is 518 g/mol. The number of pyridine rings is 3. The van der Waals surface area contributed by atoms with E-state index in [1.54, 1.807) is 40.8 Å². The molecule has 5 rings (SSSR count). The highest BCUT2D eigenvalue weighted by Crippen LogP contribution is 2.32. The van der Waals surface area contributed by atoms with Crippen molar-refractivity contribution in [2.45, 2.75) is 13.3 Å². The van der Waals surface area contributed by atoms with Crippen LogP contribution in [0.3, 0.4) is 0 Å². The van der Waals surface area contributed by atoms with Crippen LogP contribution < -0.4 is 10.1 Å². The average Bonchev–Trinajstić information content (AvgIpc) is 3.24. The molecular formula is C25H23ClN8O3. The largest absolute Gasteiger partial charge is 0.437 e. The van der Waals surface area contributed by atoms with Crippen LogP contribution in [0.15, 0.2) is 36.7 Å². The number of imidazole rings is 1. The topological polar surface area (TPSA) is 131 Å². The molecule has 0 atom stereocenters. The van der Waals surface area contributed by atoms with Gasteiger partial charge in [0.25, 0.3) is 5.91 Å². The van der Waals surface area contributed by atoms with Gasteiger partial charge < -0.3 is 19.7 Å². The molecule has 0 spiro atoms. The maximum Gasteiger partial charge on any atom is 0.255 e. The zero-order valence-corrected chi connectivity index (χ0v) is 21.0. The lowest BCUT2D eigenvalue weighted by Crippen LogP contribution is -2.40. The number of nitrogens with zero attached hydrogens (tertiary/aromatic N) is 7. The smallest absolute Gasteiger partial charge is 0.255 e. The minimum Gasteiger partial charge on any atom is -0.437 e. The Morgan fingerprint density at radius 1 is 1.22 bits per heavy atom. The van der Waals surface area contributed by atoms with Crippen LogP contribution in [0.1, 0.15) is 28.5 Å². The van der Waals surface area contributed by atoms with Crippen molar-refractivity contribution in [3.8, 4) is 17.7 Å². The maximum atomic E-state index is 12.7. The van der Waals surface area contributed by atoms with Crippen molar-refractivity contribution in [3.05, 3.63) is 58.5 Å². The summed E-state index contributed by atoms with van der Waals surface area (Å²) in [5, 5.41) is 12.6. The van der Waals surface area contributed by atoms with Gasteiger partial charge in [0.2, 0.25) is 11.8 Å². The summed E-state index contributed by atoms with van der Waals surface area (Å²) in [6.07, 6.45) is 3.70.